The van der Waals surface area contributed by atoms with Crippen molar-refractivity contribution in [3.63, 3.8) is 0 Å². The molecule has 0 spiro atoms. The monoisotopic (exact) mass is 435 g/mol. The van der Waals surface area contributed by atoms with Gasteiger partial charge in [-0.05, 0) is 37.1 Å². The van der Waals surface area contributed by atoms with E-state index in [1.54, 1.807) is 23.1 Å². The molecule has 0 bridgehead atoms. The van der Waals surface area contributed by atoms with Crippen molar-refractivity contribution in [2.24, 2.45) is 0 Å². The fraction of sp³-hybridized carbons (Fsp3) is 0.217. The van der Waals surface area contributed by atoms with Crippen LogP contribution in [0.3, 0.4) is 0 Å². The van der Waals surface area contributed by atoms with Gasteiger partial charge in [-0.2, -0.15) is 0 Å². The summed E-state index contributed by atoms with van der Waals surface area (Å²) < 4.78 is 7.72. The van der Waals surface area contributed by atoms with Crippen LogP contribution in [-0.2, 0) is 4.74 Å². The fourth-order valence-corrected chi connectivity index (χ4v) is 5.35. The Bertz CT molecular complexity index is 1130. The molecule has 30 heavy (non-hydrogen) atoms. The number of carbonyl (C=O) groups excluding carboxylic acids is 1. The van der Waals surface area contributed by atoms with Crippen LogP contribution in [0.5, 0.6) is 0 Å². The minimum atomic E-state index is -0.0966. The van der Waals surface area contributed by atoms with Crippen LogP contribution in [0.25, 0.3) is 16.2 Å². The van der Waals surface area contributed by atoms with Crippen LogP contribution in [-0.4, -0.2) is 33.8 Å². The summed E-state index contributed by atoms with van der Waals surface area (Å²) in [6.07, 6.45) is 6.53. The summed E-state index contributed by atoms with van der Waals surface area (Å²) in [5.41, 5.74) is 3.41. The van der Waals surface area contributed by atoms with Gasteiger partial charge in [0.05, 0.1) is 17.4 Å². The molecule has 1 N–H and O–H groups in total. The van der Waals surface area contributed by atoms with Crippen LogP contribution in [0.1, 0.15) is 23.2 Å². The first-order chi connectivity index (χ1) is 14.8. The van der Waals surface area contributed by atoms with Crippen molar-refractivity contribution in [3.05, 3.63) is 71.9 Å². The minimum absolute atomic E-state index is 0.0966. The van der Waals surface area contributed by atoms with Gasteiger partial charge < -0.3 is 10.1 Å². The molecular weight excluding hydrogens is 414 g/mol. The number of anilines is 1. The number of amides is 1. The van der Waals surface area contributed by atoms with Gasteiger partial charge in [-0.3, -0.25) is 9.20 Å². The summed E-state index contributed by atoms with van der Waals surface area (Å²) >= 11 is 3.30. The summed E-state index contributed by atoms with van der Waals surface area (Å²) in [7, 11) is 0. The second kappa shape index (κ2) is 8.63. The van der Waals surface area contributed by atoms with E-state index in [2.05, 4.69) is 10.3 Å². The van der Waals surface area contributed by atoms with Gasteiger partial charge in [0.1, 0.15) is 0 Å². The van der Waals surface area contributed by atoms with Crippen molar-refractivity contribution >= 4 is 39.7 Å². The highest BCUT2D eigenvalue weighted by molar-refractivity contribution is 7.99. The number of carbonyl (C=O) groups is 1. The maximum absolute atomic E-state index is 12.9. The molecule has 2 aromatic heterocycles. The first-order valence-corrected chi connectivity index (χ1v) is 11.8. The third kappa shape index (κ3) is 4.14. The van der Waals surface area contributed by atoms with E-state index >= 15 is 0 Å². The third-order valence-electron chi connectivity index (χ3n) is 5.11. The summed E-state index contributed by atoms with van der Waals surface area (Å²) in [5.74, 6) is 0.780. The Hall–Kier alpha value is -2.61. The Kier molecular flexibility index (Phi) is 5.57. The first-order valence-electron chi connectivity index (χ1n) is 9.94. The van der Waals surface area contributed by atoms with Gasteiger partial charge in [0.25, 0.3) is 5.91 Å². The van der Waals surface area contributed by atoms with Gasteiger partial charge in [-0.25, -0.2) is 4.98 Å². The second-order valence-corrected chi connectivity index (χ2v) is 9.13. The molecule has 0 saturated carbocycles. The van der Waals surface area contributed by atoms with Gasteiger partial charge in [-0.1, -0.05) is 24.3 Å². The van der Waals surface area contributed by atoms with E-state index in [1.807, 2.05) is 70.7 Å². The molecule has 1 saturated heterocycles. The average molecular weight is 436 g/mol. The van der Waals surface area contributed by atoms with Gasteiger partial charge in [0.15, 0.2) is 4.96 Å². The van der Waals surface area contributed by atoms with Crippen molar-refractivity contribution in [3.8, 4) is 11.3 Å². The Morgan fingerprint density at radius 1 is 1.23 bits per heavy atom. The van der Waals surface area contributed by atoms with Gasteiger partial charge in [0.2, 0.25) is 0 Å². The average Bonchev–Trinajstić information content (AvgIpc) is 3.51. The molecule has 3 heterocycles. The van der Waals surface area contributed by atoms with E-state index in [1.165, 1.54) is 0 Å². The number of thioether (sulfide) groups is 1. The molecule has 5 rings (SSSR count). The molecule has 0 unspecified atom stereocenters. The maximum Gasteiger partial charge on any atom is 0.256 e. The number of hydrogen-bond donors (Lipinski definition) is 1. The molecule has 5 nitrogen and oxygen atoms in total. The number of thiazole rings is 1. The number of nitrogens with one attached hydrogen (secondary N) is 1. The molecule has 1 aliphatic heterocycles. The predicted molar refractivity (Wildman–Crippen MR) is 123 cm³/mol. The first kappa shape index (κ1) is 19.4. The molecule has 2 aromatic carbocycles. The number of fused-ring (bicyclic) bond motifs is 1. The van der Waals surface area contributed by atoms with E-state index in [4.69, 9.17) is 4.74 Å². The Balaban J connectivity index is 1.27. The number of aromatic nitrogens is 2. The highest BCUT2D eigenvalue weighted by Gasteiger charge is 2.18. The molecule has 1 fully saturated rings. The Morgan fingerprint density at radius 3 is 2.90 bits per heavy atom. The van der Waals surface area contributed by atoms with E-state index in [9.17, 15) is 4.79 Å². The lowest BCUT2D eigenvalue weighted by molar-refractivity contribution is 0.102. The van der Waals surface area contributed by atoms with Crippen LogP contribution >= 0.6 is 23.1 Å². The zero-order chi connectivity index (χ0) is 20.3. The van der Waals surface area contributed by atoms with E-state index in [0.717, 1.165) is 52.0 Å². The normalized spacial score (nSPS) is 16.2. The fourth-order valence-electron chi connectivity index (χ4n) is 3.53. The van der Waals surface area contributed by atoms with Gasteiger partial charge >= 0.3 is 0 Å². The largest absolute Gasteiger partial charge is 0.377 e. The molecule has 1 amide bonds. The van der Waals surface area contributed by atoms with E-state index in [-0.39, 0.29) is 12.0 Å². The lowest BCUT2D eigenvalue weighted by Crippen LogP contribution is -2.14. The topological polar surface area (TPSA) is 55.6 Å². The molecular formula is C23H21N3O2S2. The third-order valence-corrected chi connectivity index (χ3v) is 7.09. The highest BCUT2D eigenvalue weighted by atomic mass is 32.2. The predicted octanol–water partition coefficient (Wildman–Crippen LogP) is 5.59. The number of rotatable bonds is 6. The maximum atomic E-state index is 12.9. The standard InChI is InChI=1S/C23H21N3O2S2/c27-22(19-5-1-2-6-21(19)30-15-18-4-3-12-28-18)24-17-9-7-16(8-10-17)20-14-26-11-13-29-23(26)25-20/h1-2,5-11,13-14,18H,3-4,12,15H2,(H,24,27)/t18-/m0/s1. The molecule has 0 aliphatic carbocycles. The van der Waals surface area contributed by atoms with Crippen molar-refractivity contribution in [2.45, 2.75) is 23.8 Å². The van der Waals surface area contributed by atoms with Crippen LogP contribution < -0.4 is 5.32 Å². The summed E-state index contributed by atoms with van der Waals surface area (Å²) in [6.45, 7) is 0.848. The molecule has 4 aromatic rings. The second-order valence-electron chi connectivity index (χ2n) is 7.19. The smallest absolute Gasteiger partial charge is 0.256 e. The Labute approximate surface area is 183 Å². The number of imidazole rings is 1. The Morgan fingerprint density at radius 2 is 2.10 bits per heavy atom. The molecule has 0 radical (unpaired) electrons. The van der Waals surface area contributed by atoms with Gasteiger partial charge in [0, 0.05) is 46.3 Å². The molecule has 7 heteroatoms. The number of hydrogen-bond acceptors (Lipinski definition) is 5. The zero-order valence-electron chi connectivity index (χ0n) is 16.3. The summed E-state index contributed by atoms with van der Waals surface area (Å²) in [4.78, 5) is 19.5. The lowest BCUT2D eigenvalue weighted by Gasteiger charge is -2.12. The van der Waals surface area contributed by atoms with Crippen LogP contribution in [0.4, 0.5) is 5.69 Å². The SMILES string of the molecule is O=C(Nc1ccc(-c2cn3ccsc3n2)cc1)c1ccccc1SC[C@@H]1CCCO1. The van der Waals surface area contributed by atoms with Crippen molar-refractivity contribution < 1.29 is 9.53 Å². The molecule has 1 aliphatic rings. The van der Waals surface area contributed by atoms with Crippen molar-refractivity contribution in [1.82, 2.24) is 9.38 Å². The summed E-state index contributed by atoms with van der Waals surface area (Å²) in [5, 5.41) is 5.04. The number of nitrogens with zero attached hydrogens (tertiary/aromatic N) is 2. The molecule has 1 atom stereocenters. The summed E-state index contributed by atoms with van der Waals surface area (Å²) in [6, 6.07) is 15.6. The zero-order valence-corrected chi connectivity index (χ0v) is 17.9. The number of ether oxygens (including phenoxy) is 1. The van der Waals surface area contributed by atoms with E-state index < -0.39 is 0 Å². The minimum Gasteiger partial charge on any atom is -0.377 e. The highest BCUT2D eigenvalue weighted by Crippen LogP contribution is 2.28. The van der Waals surface area contributed by atoms with Crippen molar-refractivity contribution in [1.29, 1.82) is 0 Å². The van der Waals surface area contributed by atoms with Crippen LogP contribution in [0, 0.1) is 0 Å². The van der Waals surface area contributed by atoms with Gasteiger partial charge in [-0.15, -0.1) is 23.1 Å². The van der Waals surface area contributed by atoms with Crippen LogP contribution in [0.2, 0.25) is 0 Å². The van der Waals surface area contributed by atoms with Crippen molar-refractivity contribution in [2.75, 3.05) is 17.7 Å². The molecule has 152 valence electrons. The number of benzene rings is 2. The lowest BCUT2D eigenvalue weighted by atomic mass is 10.1. The quantitative estimate of drug-likeness (QED) is 0.401. The van der Waals surface area contributed by atoms with E-state index in [0.29, 0.717) is 5.56 Å². The van der Waals surface area contributed by atoms with Crippen LogP contribution in [0.15, 0.2) is 71.2 Å².